The van der Waals surface area contributed by atoms with Gasteiger partial charge in [0, 0.05) is 13.1 Å². The second-order valence-electron chi connectivity index (χ2n) is 6.27. The van der Waals surface area contributed by atoms with Crippen LogP contribution in [0.25, 0.3) is 0 Å². The summed E-state index contributed by atoms with van der Waals surface area (Å²) >= 11 is 0. The molecule has 0 aliphatic carbocycles. The van der Waals surface area contributed by atoms with E-state index >= 15 is 0 Å². The van der Waals surface area contributed by atoms with Gasteiger partial charge in [0.25, 0.3) is 0 Å². The maximum absolute atomic E-state index is 12.6. The minimum atomic E-state index is -3.59. The van der Waals surface area contributed by atoms with Crippen LogP contribution in [0.1, 0.15) is 0 Å². The topological polar surface area (TPSA) is 79.0 Å². The first-order chi connectivity index (χ1) is 12.9. The molecule has 27 heavy (non-hydrogen) atoms. The summed E-state index contributed by atoms with van der Waals surface area (Å²) in [4.78, 5) is 14.8. The van der Waals surface area contributed by atoms with E-state index in [0.29, 0.717) is 24.6 Å². The first-order valence-electron chi connectivity index (χ1n) is 8.69. The van der Waals surface area contributed by atoms with Crippen LogP contribution in [0.15, 0.2) is 54.6 Å². The number of sulfonamides is 1. The number of carbonyl (C=O) groups excluding carboxylic acids is 1. The minimum absolute atomic E-state index is 0.291. The first kappa shape index (κ1) is 19.2. The summed E-state index contributed by atoms with van der Waals surface area (Å²) in [6.07, 6.45) is 1.09. The van der Waals surface area contributed by atoms with Crippen LogP contribution in [-0.4, -0.2) is 53.4 Å². The zero-order valence-electron chi connectivity index (χ0n) is 15.2. The Labute approximate surface area is 159 Å². The highest BCUT2D eigenvalue weighted by atomic mass is 32.2. The van der Waals surface area contributed by atoms with Crippen molar-refractivity contribution in [2.75, 3.05) is 53.6 Å². The van der Waals surface area contributed by atoms with E-state index in [1.165, 1.54) is 0 Å². The Bertz CT molecular complexity index is 881. The molecule has 1 N–H and O–H groups in total. The van der Waals surface area contributed by atoms with Crippen molar-refractivity contribution in [1.82, 2.24) is 0 Å². The van der Waals surface area contributed by atoms with Gasteiger partial charge in [-0.3, -0.25) is 9.10 Å². The van der Waals surface area contributed by atoms with Crippen molar-refractivity contribution < 1.29 is 17.9 Å². The van der Waals surface area contributed by atoms with Crippen LogP contribution >= 0.6 is 0 Å². The number of benzene rings is 2. The van der Waals surface area contributed by atoms with Crippen LogP contribution in [0.4, 0.5) is 17.1 Å². The third-order valence-electron chi connectivity index (χ3n) is 4.26. The Kier molecular flexibility index (Phi) is 5.98. The number of rotatable bonds is 6. The zero-order chi connectivity index (χ0) is 19.3. The Morgan fingerprint density at radius 3 is 2.37 bits per heavy atom. The molecule has 7 nitrogen and oxygen atoms in total. The standard InChI is InChI=1S/C19H23N3O4S/c1-27(24,25)22(16-7-3-2-4-8-16)15-19(23)20-17-9-5-6-10-18(17)21-11-13-26-14-12-21/h2-10H,11-15H2,1H3,(H,20,23). The first-order valence-corrected chi connectivity index (χ1v) is 10.5. The molecular weight excluding hydrogens is 366 g/mol. The van der Waals surface area contributed by atoms with Gasteiger partial charge in [0.15, 0.2) is 0 Å². The Morgan fingerprint density at radius 2 is 1.70 bits per heavy atom. The molecule has 0 aromatic heterocycles. The summed E-state index contributed by atoms with van der Waals surface area (Å²) in [5, 5.41) is 2.85. The van der Waals surface area contributed by atoms with Crippen molar-refractivity contribution in [2.45, 2.75) is 0 Å². The highest BCUT2D eigenvalue weighted by Crippen LogP contribution is 2.26. The SMILES string of the molecule is CS(=O)(=O)N(CC(=O)Nc1ccccc1N1CCOCC1)c1ccccc1. The van der Waals surface area contributed by atoms with Crippen LogP contribution in [-0.2, 0) is 19.6 Å². The summed E-state index contributed by atoms with van der Waals surface area (Å²) < 4.78 is 30.8. The molecule has 2 aromatic rings. The normalized spacial score (nSPS) is 14.6. The summed E-state index contributed by atoms with van der Waals surface area (Å²) in [5.41, 5.74) is 2.02. The number of hydrogen-bond donors (Lipinski definition) is 1. The van der Waals surface area contributed by atoms with Gasteiger partial charge >= 0.3 is 0 Å². The third-order valence-corrected chi connectivity index (χ3v) is 5.40. The van der Waals surface area contributed by atoms with Gasteiger partial charge in [-0.1, -0.05) is 30.3 Å². The maximum Gasteiger partial charge on any atom is 0.245 e. The van der Waals surface area contributed by atoms with Gasteiger partial charge in [-0.2, -0.15) is 0 Å². The Balaban J connectivity index is 1.77. The van der Waals surface area contributed by atoms with E-state index in [2.05, 4.69) is 10.2 Å². The van der Waals surface area contributed by atoms with Gasteiger partial charge in [0.1, 0.15) is 6.54 Å². The number of para-hydroxylation sites is 3. The Hall–Kier alpha value is -2.58. The molecule has 0 saturated carbocycles. The number of amides is 1. The molecule has 0 atom stereocenters. The predicted octanol–water partition coefficient (Wildman–Crippen LogP) is 1.93. The summed E-state index contributed by atoms with van der Waals surface area (Å²) in [5.74, 6) is -0.398. The molecule has 1 aliphatic rings. The minimum Gasteiger partial charge on any atom is -0.378 e. The van der Waals surface area contributed by atoms with Crippen molar-refractivity contribution in [3.05, 3.63) is 54.6 Å². The molecule has 3 rings (SSSR count). The number of ether oxygens (including phenoxy) is 1. The molecule has 8 heteroatoms. The van der Waals surface area contributed by atoms with Crippen molar-refractivity contribution in [1.29, 1.82) is 0 Å². The van der Waals surface area contributed by atoms with Gasteiger partial charge < -0.3 is 15.0 Å². The van der Waals surface area contributed by atoms with Crippen LogP contribution in [0.5, 0.6) is 0 Å². The van der Waals surface area contributed by atoms with Crippen LogP contribution in [0.3, 0.4) is 0 Å². The largest absolute Gasteiger partial charge is 0.378 e. The van der Waals surface area contributed by atoms with Crippen molar-refractivity contribution in [3.63, 3.8) is 0 Å². The molecule has 2 aromatic carbocycles. The number of nitrogens with zero attached hydrogens (tertiary/aromatic N) is 2. The quantitative estimate of drug-likeness (QED) is 0.817. The number of morpholine rings is 1. The molecule has 0 unspecified atom stereocenters. The lowest BCUT2D eigenvalue weighted by atomic mass is 10.2. The lowest BCUT2D eigenvalue weighted by Gasteiger charge is -2.30. The van der Waals surface area contributed by atoms with Crippen LogP contribution in [0.2, 0.25) is 0 Å². The molecule has 144 valence electrons. The lowest BCUT2D eigenvalue weighted by molar-refractivity contribution is -0.114. The number of carbonyl (C=O) groups is 1. The average Bonchev–Trinajstić information content (AvgIpc) is 2.67. The summed E-state index contributed by atoms with van der Waals surface area (Å²) in [7, 11) is -3.59. The van der Waals surface area contributed by atoms with Gasteiger partial charge in [0.05, 0.1) is 36.5 Å². The molecule has 1 amide bonds. The van der Waals surface area contributed by atoms with Crippen molar-refractivity contribution in [3.8, 4) is 0 Å². The number of nitrogens with one attached hydrogen (secondary N) is 1. The highest BCUT2D eigenvalue weighted by molar-refractivity contribution is 7.92. The molecule has 1 saturated heterocycles. The van der Waals surface area contributed by atoms with Crippen LogP contribution in [0, 0.1) is 0 Å². The van der Waals surface area contributed by atoms with E-state index in [0.717, 1.165) is 29.3 Å². The number of anilines is 3. The fourth-order valence-electron chi connectivity index (χ4n) is 2.97. The molecule has 0 spiro atoms. The van der Waals surface area contributed by atoms with E-state index in [-0.39, 0.29) is 6.54 Å². The second-order valence-corrected chi connectivity index (χ2v) is 8.18. The molecule has 0 bridgehead atoms. The van der Waals surface area contributed by atoms with Gasteiger partial charge in [-0.05, 0) is 24.3 Å². The monoisotopic (exact) mass is 389 g/mol. The molecule has 1 aliphatic heterocycles. The second kappa shape index (κ2) is 8.41. The van der Waals surface area contributed by atoms with Crippen LogP contribution < -0.4 is 14.5 Å². The predicted molar refractivity (Wildman–Crippen MR) is 107 cm³/mol. The molecule has 1 heterocycles. The fourth-order valence-corrected chi connectivity index (χ4v) is 3.83. The van der Waals surface area contributed by atoms with Gasteiger partial charge in [0.2, 0.25) is 15.9 Å². The Morgan fingerprint density at radius 1 is 1.07 bits per heavy atom. The summed E-state index contributed by atoms with van der Waals surface area (Å²) in [6.45, 7) is 2.47. The maximum atomic E-state index is 12.6. The van der Waals surface area contributed by atoms with E-state index in [4.69, 9.17) is 4.74 Å². The van der Waals surface area contributed by atoms with Gasteiger partial charge in [-0.15, -0.1) is 0 Å². The molecule has 1 fully saturated rings. The summed E-state index contributed by atoms with van der Waals surface area (Å²) in [6, 6.07) is 16.1. The molecule has 0 radical (unpaired) electrons. The van der Waals surface area contributed by atoms with E-state index in [1.54, 1.807) is 30.3 Å². The van der Waals surface area contributed by atoms with E-state index in [9.17, 15) is 13.2 Å². The average molecular weight is 389 g/mol. The highest BCUT2D eigenvalue weighted by Gasteiger charge is 2.22. The van der Waals surface area contributed by atoms with Crippen molar-refractivity contribution >= 4 is 33.0 Å². The zero-order valence-corrected chi connectivity index (χ0v) is 16.0. The van der Waals surface area contributed by atoms with E-state index < -0.39 is 15.9 Å². The van der Waals surface area contributed by atoms with Gasteiger partial charge in [-0.25, -0.2) is 8.42 Å². The van der Waals surface area contributed by atoms with E-state index in [1.807, 2.05) is 24.3 Å². The smallest absolute Gasteiger partial charge is 0.245 e. The fraction of sp³-hybridized carbons (Fsp3) is 0.316. The third kappa shape index (κ3) is 4.99. The molecular formula is C19H23N3O4S. The van der Waals surface area contributed by atoms with Crippen molar-refractivity contribution in [2.24, 2.45) is 0 Å². The number of hydrogen-bond acceptors (Lipinski definition) is 5. The lowest BCUT2D eigenvalue weighted by Crippen LogP contribution is -2.39.